The van der Waals surface area contributed by atoms with Crippen molar-refractivity contribution in [2.75, 3.05) is 13.1 Å². The normalized spacial score (nSPS) is 15.9. The van der Waals surface area contributed by atoms with Crippen LogP contribution in [0.2, 0.25) is 0 Å². The third-order valence-electron chi connectivity index (χ3n) is 4.58. The SMILES string of the molecule is Cc1nc2ccc(F)cc2n1-c1ccc(S(=O)(=O)N2CCCC2)cc1. The first-order chi connectivity index (χ1) is 12.0. The van der Waals surface area contributed by atoms with E-state index < -0.39 is 10.0 Å². The molecule has 2 heterocycles. The third-order valence-corrected chi connectivity index (χ3v) is 6.49. The van der Waals surface area contributed by atoms with Crippen molar-refractivity contribution in [3.05, 3.63) is 54.1 Å². The van der Waals surface area contributed by atoms with Gasteiger partial charge in [-0.15, -0.1) is 0 Å². The topological polar surface area (TPSA) is 55.2 Å². The predicted molar refractivity (Wildman–Crippen MR) is 93.8 cm³/mol. The lowest BCUT2D eigenvalue weighted by Crippen LogP contribution is -2.27. The number of aryl methyl sites for hydroxylation is 1. The van der Waals surface area contributed by atoms with E-state index in [0.717, 1.165) is 24.4 Å². The average Bonchev–Trinajstić information content (AvgIpc) is 3.22. The quantitative estimate of drug-likeness (QED) is 0.721. The van der Waals surface area contributed by atoms with Crippen LogP contribution >= 0.6 is 0 Å². The van der Waals surface area contributed by atoms with Crippen LogP contribution in [0.1, 0.15) is 18.7 Å². The number of aromatic nitrogens is 2. The van der Waals surface area contributed by atoms with Crippen LogP contribution in [-0.4, -0.2) is 35.4 Å². The minimum absolute atomic E-state index is 0.284. The number of sulfonamides is 1. The maximum atomic E-state index is 13.6. The van der Waals surface area contributed by atoms with Crippen LogP contribution in [0, 0.1) is 12.7 Å². The molecule has 0 amide bonds. The van der Waals surface area contributed by atoms with Gasteiger partial charge in [0.25, 0.3) is 0 Å². The zero-order valence-corrected chi connectivity index (χ0v) is 14.6. The van der Waals surface area contributed by atoms with E-state index in [9.17, 15) is 12.8 Å². The number of halogens is 1. The monoisotopic (exact) mass is 359 g/mol. The van der Waals surface area contributed by atoms with Gasteiger partial charge >= 0.3 is 0 Å². The van der Waals surface area contributed by atoms with Gasteiger partial charge in [0.2, 0.25) is 10.0 Å². The Labute approximate surface area is 145 Å². The molecular formula is C18H18FN3O2S. The van der Waals surface area contributed by atoms with Gasteiger partial charge in [-0.2, -0.15) is 4.31 Å². The zero-order chi connectivity index (χ0) is 17.6. The maximum absolute atomic E-state index is 13.6. The molecule has 25 heavy (non-hydrogen) atoms. The molecule has 7 heteroatoms. The summed E-state index contributed by atoms with van der Waals surface area (Å²) in [5.41, 5.74) is 2.12. The second kappa shape index (κ2) is 5.93. The molecule has 4 rings (SSSR count). The molecule has 0 N–H and O–H groups in total. The number of rotatable bonds is 3. The fourth-order valence-electron chi connectivity index (χ4n) is 3.34. The fraction of sp³-hybridized carbons (Fsp3) is 0.278. The highest BCUT2D eigenvalue weighted by Gasteiger charge is 2.27. The van der Waals surface area contributed by atoms with Crippen molar-refractivity contribution >= 4 is 21.1 Å². The van der Waals surface area contributed by atoms with Crippen molar-refractivity contribution in [2.45, 2.75) is 24.7 Å². The number of fused-ring (bicyclic) bond motifs is 1. The third kappa shape index (κ3) is 2.73. The zero-order valence-electron chi connectivity index (χ0n) is 13.8. The first kappa shape index (κ1) is 16.2. The molecule has 0 bridgehead atoms. The van der Waals surface area contributed by atoms with E-state index in [1.807, 2.05) is 11.5 Å². The van der Waals surface area contributed by atoms with Gasteiger partial charge in [0, 0.05) is 24.8 Å². The smallest absolute Gasteiger partial charge is 0.243 e. The molecule has 0 unspecified atom stereocenters. The average molecular weight is 359 g/mol. The number of nitrogens with zero attached hydrogens (tertiary/aromatic N) is 3. The van der Waals surface area contributed by atoms with Gasteiger partial charge in [0.05, 0.1) is 15.9 Å². The second-order valence-electron chi connectivity index (χ2n) is 6.23. The van der Waals surface area contributed by atoms with Crippen molar-refractivity contribution in [1.82, 2.24) is 13.9 Å². The van der Waals surface area contributed by atoms with Crippen molar-refractivity contribution < 1.29 is 12.8 Å². The standard InChI is InChI=1S/C18H18FN3O2S/c1-13-20-17-9-4-14(19)12-18(17)22(13)15-5-7-16(8-6-15)25(23,24)21-10-2-3-11-21/h4-9,12H,2-3,10-11H2,1H3. The summed E-state index contributed by atoms with van der Waals surface area (Å²) in [5.74, 6) is 0.387. The molecule has 130 valence electrons. The molecule has 0 saturated carbocycles. The van der Waals surface area contributed by atoms with E-state index in [1.165, 1.54) is 16.4 Å². The van der Waals surface area contributed by atoms with E-state index in [0.29, 0.717) is 24.1 Å². The molecule has 0 spiro atoms. The van der Waals surface area contributed by atoms with E-state index in [1.54, 1.807) is 30.3 Å². The Hall–Kier alpha value is -2.25. The number of hydrogen-bond donors (Lipinski definition) is 0. The molecular weight excluding hydrogens is 341 g/mol. The molecule has 0 aliphatic carbocycles. The fourth-order valence-corrected chi connectivity index (χ4v) is 4.86. The number of imidazole rings is 1. The van der Waals surface area contributed by atoms with E-state index >= 15 is 0 Å². The van der Waals surface area contributed by atoms with Gasteiger partial charge < -0.3 is 0 Å². The maximum Gasteiger partial charge on any atom is 0.243 e. The highest BCUT2D eigenvalue weighted by atomic mass is 32.2. The minimum atomic E-state index is -3.44. The van der Waals surface area contributed by atoms with Gasteiger partial charge in [0.1, 0.15) is 11.6 Å². The number of hydrogen-bond acceptors (Lipinski definition) is 3. The lowest BCUT2D eigenvalue weighted by Gasteiger charge is -2.16. The lowest BCUT2D eigenvalue weighted by molar-refractivity contribution is 0.477. The number of benzene rings is 2. The Morgan fingerprint density at radius 3 is 2.40 bits per heavy atom. The summed E-state index contributed by atoms with van der Waals surface area (Å²) >= 11 is 0. The van der Waals surface area contributed by atoms with Gasteiger partial charge in [-0.25, -0.2) is 17.8 Å². The Morgan fingerprint density at radius 1 is 1.04 bits per heavy atom. The Balaban J connectivity index is 1.76. The largest absolute Gasteiger partial charge is 0.296 e. The van der Waals surface area contributed by atoms with Gasteiger partial charge in [0.15, 0.2) is 0 Å². The van der Waals surface area contributed by atoms with Crippen LogP contribution in [0.25, 0.3) is 16.7 Å². The van der Waals surface area contributed by atoms with Crippen LogP contribution in [0.3, 0.4) is 0 Å². The van der Waals surface area contributed by atoms with E-state index in [4.69, 9.17) is 0 Å². The minimum Gasteiger partial charge on any atom is -0.296 e. The van der Waals surface area contributed by atoms with Crippen LogP contribution < -0.4 is 0 Å². The van der Waals surface area contributed by atoms with Crippen LogP contribution in [0.4, 0.5) is 4.39 Å². The lowest BCUT2D eigenvalue weighted by atomic mass is 10.2. The molecule has 1 aliphatic heterocycles. The highest BCUT2D eigenvalue weighted by Crippen LogP contribution is 2.25. The molecule has 5 nitrogen and oxygen atoms in total. The molecule has 0 atom stereocenters. The summed E-state index contributed by atoms with van der Waals surface area (Å²) in [6.45, 7) is 3.00. The summed E-state index contributed by atoms with van der Waals surface area (Å²) in [6.07, 6.45) is 1.81. The summed E-state index contributed by atoms with van der Waals surface area (Å²) in [7, 11) is -3.44. The van der Waals surface area contributed by atoms with Crippen LogP contribution in [0.15, 0.2) is 47.4 Å². The van der Waals surface area contributed by atoms with Gasteiger partial charge in [-0.1, -0.05) is 0 Å². The molecule has 1 fully saturated rings. The molecule has 2 aromatic carbocycles. The molecule has 0 radical (unpaired) electrons. The Kier molecular flexibility index (Phi) is 3.85. The molecule has 1 saturated heterocycles. The molecule has 1 aromatic heterocycles. The van der Waals surface area contributed by atoms with Gasteiger partial charge in [-0.3, -0.25) is 4.57 Å². The van der Waals surface area contributed by atoms with Crippen LogP contribution in [-0.2, 0) is 10.0 Å². The Morgan fingerprint density at radius 2 is 1.72 bits per heavy atom. The summed E-state index contributed by atoms with van der Waals surface area (Å²) in [5, 5.41) is 0. The van der Waals surface area contributed by atoms with Gasteiger partial charge in [-0.05, 0) is 56.2 Å². The summed E-state index contributed by atoms with van der Waals surface area (Å²) in [6, 6.07) is 11.1. The first-order valence-electron chi connectivity index (χ1n) is 8.22. The Bertz CT molecular complexity index is 1040. The van der Waals surface area contributed by atoms with Crippen molar-refractivity contribution in [2.24, 2.45) is 0 Å². The van der Waals surface area contributed by atoms with Crippen molar-refractivity contribution in [1.29, 1.82) is 0 Å². The first-order valence-corrected chi connectivity index (χ1v) is 9.66. The summed E-state index contributed by atoms with van der Waals surface area (Å²) in [4.78, 5) is 4.72. The second-order valence-corrected chi connectivity index (χ2v) is 8.17. The molecule has 3 aromatic rings. The van der Waals surface area contributed by atoms with E-state index in [-0.39, 0.29) is 10.7 Å². The summed E-state index contributed by atoms with van der Waals surface area (Å²) < 4.78 is 42.2. The van der Waals surface area contributed by atoms with Crippen LogP contribution in [0.5, 0.6) is 0 Å². The predicted octanol–water partition coefficient (Wildman–Crippen LogP) is 3.26. The van der Waals surface area contributed by atoms with E-state index in [2.05, 4.69) is 4.98 Å². The molecule has 1 aliphatic rings. The van der Waals surface area contributed by atoms with Crippen molar-refractivity contribution in [3.63, 3.8) is 0 Å². The highest BCUT2D eigenvalue weighted by molar-refractivity contribution is 7.89. The van der Waals surface area contributed by atoms with Crippen molar-refractivity contribution in [3.8, 4) is 5.69 Å².